The van der Waals surface area contributed by atoms with Crippen molar-refractivity contribution in [2.75, 3.05) is 0 Å². The number of hydrogen-bond acceptors (Lipinski definition) is 3. The molecule has 0 spiro atoms. The third-order valence-electron chi connectivity index (χ3n) is 11.1. The standard InChI is InChI=1S/C50H30N4S/c1-2-12-31(13-3-1)32-14-10-15-35(28-32)53-42-20-7-5-17-37(42)40-29-33(25-27-44(40)53)34-24-26-38-36-16-4-8-21-43(36)54(45(38)30-34)50-51-41-19-11-23-47-48(41)49(52-50)39-18-6-9-22-46(39)55-47/h1-30H. The topological polar surface area (TPSA) is 35.6 Å². The van der Waals surface area contributed by atoms with Crippen LogP contribution in [0.15, 0.2) is 192 Å². The van der Waals surface area contributed by atoms with E-state index in [-0.39, 0.29) is 0 Å². The highest BCUT2D eigenvalue weighted by atomic mass is 32.2. The van der Waals surface area contributed by atoms with Gasteiger partial charge in [0, 0.05) is 48.0 Å². The van der Waals surface area contributed by atoms with Gasteiger partial charge in [0.25, 0.3) is 0 Å². The van der Waals surface area contributed by atoms with Crippen LogP contribution in [0.2, 0.25) is 0 Å². The molecule has 4 nitrogen and oxygen atoms in total. The van der Waals surface area contributed by atoms with Gasteiger partial charge in [-0.2, -0.15) is 0 Å². The fraction of sp³-hybridized carbons (Fsp3) is 0. The van der Waals surface area contributed by atoms with Crippen molar-refractivity contribution in [2.24, 2.45) is 0 Å². The Bertz CT molecular complexity index is 3360. The van der Waals surface area contributed by atoms with Gasteiger partial charge in [0.2, 0.25) is 5.95 Å². The quantitative estimate of drug-likeness (QED) is 0.182. The largest absolute Gasteiger partial charge is 0.309 e. The van der Waals surface area contributed by atoms with Crippen LogP contribution in [0.1, 0.15) is 0 Å². The van der Waals surface area contributed by atoms with E-state index >= 15 is 0 Å². The Labute approximate surface area is 321 Å². The zero-order valence-corrected chi connectivity index (χ0v) is 30.3. The Morgan fingerprint density at radius 3 is 1.91 bits per heavy atom. The molecule has 0 saturated heterocycles. The maximum absolute atomic E-state index is 5.39. The third kappa shape index (κ3) is 4.60. The minimum absolute atomic E-state index is 0.681. The van der Waals surface area contributed by atoms with Gasteiger partial charge < -0.3 is 4.57 Å². The third-order valence-corrected chi connectivity index (χ3v) is 12.3. The van der Waals surface area contributed by atoms with E-state index in [4.69, 9.17) is 9.97 Å². The van der Waals surface area contributed by atoms with Crippen molar-refractivity contribution in [3.8, 4) is 45.1 Å². The molecule has 0 aliphatic carbocycles. The summed E-state index contributed by atoms with van der Waals surface area (Å²) in [6, 6.07) is 65.5. The molecule has 0 N–H and O–H groups in total. The lowest BCUT2D eigenvalue weighted by atomic mass is 10.0. The molecule has 12 rings (SSSR count). The second-order valence-corrected chi connectivity index (χ2v) is 15.3. The fourth-order valence-corrected chi connectivity index (χ4v) is 9.75. The second kappa shape index (κ2) is 11.8. The summed E-state index contributed by atoms with van der Waals surface area (Å²) in [6.07, 6.45) is 0. The van der Waals surface area contributed by atoms with E-state index < -0.39 is 0 Å². The van der Waals surface area contributed by atoms with E-state index in [1.807, 2.05) is 0 Å². The van der Waals surface area contributed by atoms with Crippen molar-refractivity contribution in [2.45, 2.75) is 9.79 Å². The van der Waals surface area contributed by atoms with E-state index in [2.05, 4.69) is 191 Å². The first-order valence-electron chi connectivity index (χ1n) is 18.6. The highest BCUT2D eigenvalue weighted by Gasteiger charge is 2.24. The van der Waals surface area contributed by atoms with Crippen LogP contribution in [0.5, 0.6) is 0 Å². The van der Waals surface area contributed by atoms with Gasteiger partial charge >= 0.3 is 0 Å². The average Bonchev–Trinajstić information content (AvgIpc) is 3.76. The Kier molecular flexibility index (Phi) is 6.53. The van der Waals surface area contributed by atoms with Gasteiger partial charge in [-0.3, -0.25) is 4.57 Å². The van der Waals surface area contributed by atoms with Crippen LogP contribution in [0.4, 0.5) is 0 Å². The first kappa shape index (κ1) is 30.5. The maximum Gasteiger partial charge on any atom is 0.235 e. The Hall–Kier alpha value is -6.95. The lowest BCUT2D eigenvalue weighted by molar-refractivity contribution is 1.01. The van der Waals surface area contributed by atoms with E-state index in [9.17, 15) is 0 Å². The lowest BCUT2D eigenvalue weighted by Crippen LogP contribution is -2.05. The Morgan fingerprint density at radius 2 is 1.02 bits per heavy atom. The normalized spacial score (nSPS) is 12.3. The highest BCUT2D eigenvalue weighted by molar-refractivity contribution is 7.99. The Balaban J connectivity index is 1.06. The van der Waals surface area contributed by atoms with Gasteiger partial charge in [-0.1, -0.05) is 133 Å². The molecule has 3 aromatic heterocycles. The van der Waals surface area contributed by atoms with Crippen molar-refractivity contribution >= 4 is 66.3 Å². The molecule has 55 heavy (non-hydrogen) atoms. The first-order valence-corrected chi connectivity index (χ1v) is 19.4. The van der Waals surface area contributed by atoms with Crippen molar-refractivity contribution in [1.82, 2.24) is 19.1 Å². The van der Waals surface area contributed by atoms with Crippen molar-refractivity contribution in [3.05, 3.63) is 182 Å². The molecular formula is C50H30N4S. The monoisotopic (exact) mass is 718 g/mol. The van der Waals surface area contributed by atoms with E-state index in [1.165, 1.54) is 53.5 Å². The molecule has 256 valence electrons. The van der Waals surface area contributed by atoms with Crippen molar-refractivity contribution < 1.29 is 0 Å². The molecule has 0 amide bonds. The Morgan fingerprint density at radius 1 is 0.382 bits per heavy atom. The zero-order chi connectivity index (χ0) is 36.0. The molecular weight excluding hydrogens is 689 g/mol. The molecule has 4 heterocycles. The molecule has 5 heteroatoms. The molecule has 11 aromatic rings. The van der Waals surface area contributed by atoms with Crippen molar-refractivity contribution in [3.63, 3.8) is 0 Å². The fourth-order valence-electron chi connectivity index (χ4n) is 8.64. The molecule has 0 radical (unpaired) electrons. The SMILES string of the molecule is c1ccc(-c2cccc(-n3c4ccccc4c4cc(-c5ccc6c7ccccc7n(-c7nc8c9c(cccc9n7)Sc7ccccc7-8)c6c5)ccc43)c2)cc1. The summed E-state index contributed by atoms with van der Waals surface area (Å²) in [5, 5.41) is 5.94. The van der Waals surface area contributed by atoms with Crippen LogP contribution in [0.3, 0.4) is 0 Å². The lowest BCUT2D eigenvalue weighted by Gasteiger charge is -2.20. The molecule has 0 atom stereocenters. The van der Waals surface area contributed by atoms with Crippen LogP contribution < -0.4 is 0 Å². The zero-order valence-electron chi connectivity index (χ0n) is 29.5. The summed E-state index contributed by atoms with van der Waals surface area (Å²) in [5.41, 5.74) is 13.5. The predicted molar refractivity (Wildman–Crippen MR) is 229 cm³/mol. The minimum atomic E-state index is 0.681. The van der Waals surface area contributed by atoms with Gasteiger partial charge in [-0.05, 0) is 82.9 Å². The van der Waals surface area contributed by atoms with E-state index in [0.717, 1.165) is 50.0 Å². The van der Waals surface area contributed by atoms with Gasteiger partial charge in [0.05, 0.1) is 33.3 Å². The van der Waals surface area contributed by atoms with Gasteiger partial charge in [-0.25, -0.2) is 9.97 Å². The summed E-state index contributed by atoms with van der Waals surface area (Å²) >= 11 is 1.80. The van der Waals surface area contributed by atoms with Crippen molar-refractivity contribution in [1.29, 1.82) is 0 Å². The average molecular weight is 719 g/mol. The van der Waals surface area contributed by atoms with Crippen LogP contribution in [0, 0.1) is 0 Å². The summed E-state index contributed by atoms with van der Waals surface area (Å²) in [4.78, 5) is 13.1. The van der Waals surface area contributed by atoms with Crippen LogP contribution in [-0.2, 0) is 0 Å². The second-order valence-electron chi connectivity index (χ2n) is 14.2. The smallest absolute Gasteiger partial charge is 0.235 e. The molecule has 0 bridgehead atoms. The van der Waals surface area contributed by atoms with Crippen LogP contribution in [-0.4, -0.2) is 19.1 Å². The molecule has 0 saturated carbocycles. The number of aromatic nitrogens is 4. The van der Waals surface area contributed by atoms with E-state index in [0.29, 0.717) is 5.95 Å². The number of benzene rings is 8. The highest BCUT2D eigenvalue weighted by Crippen LogP contribution is 2.47. The summed E-state index contributed by atoms with van der Waals surface area (Å²) in [7, 11) is 0. The summed E-state index contributed by atoms with van der Waals surface area (Å²) in [5.74, 6) is 0.681. The predicted octanol–water partition coefficient (Wildman–Crippen LogP) is 13.3. The molecule has 1 aliphatic rings. The van der Waals surface area contributed by atoms with Gasteiger partial charge in [0.15, 0.2) is 0 Å². The molecule has 0 fully saturated rings. The number of fused-ring (bicyclic) bond motifs is 8. The minimum Gasteiger partial charge on any atom is -0.309 e. The number of para-hydroxylation sites is 2. The van der Waals surface area contributed by atoms with E-state index in [1.54, 1.807) is 11.8 Å². The summed E-state index contributed by atoms with van der Waals surface area (Å²) in [6.45, 7) is 0. The molecule has 8 aromatic carbocycles. The number of rotatable bonds is 4. The van der Waals surface area contributed by atoms with Crippen LogP contribution in [0.25, 0.3) is 99.7 Å². The van der Waals surface area contributed by atoms with Gasteiger partial charge in [0.1, 0.15) is 0 Å². The number of nitrogens with zero attached hydrogens (tertiary/aromatic N) is 4. The first-order chi connectivity index (χ1) is 27.3. The molecule has 0 unspecified atom stereocenters. The number of hydrogen-bond donors (Lipinski definition) is 0. The molecule has 1 aliphatic heterocycles. The maximum atomic E-state index is 5.39. The summed E-state index contributed by atoms with van der Waals surface area (Å²) < 4.78 is 4.65. The van der Waals surface area contributed by atoms with Gasteiger partial charge in [-0.15, -0.1) is 0 Å². The van der Waals surface area contributed by atoms with Crippen LogP contribution >= 0.6 is 11.8 Å².